The second kappa shape index (κ2) is 5.98. The van der Waals surface area contributed by atoms with Crippen molar-refractivity contribution in [2.24, 2.45) is 0 Å². The van der Waals surface area contributed by atoms with E-state index in [-0.39, 0.29) is 18.1 Å². The van der Waals surface area contributed by atoms with Crippen molar-refractivity contribution in [3.8, 4) is 0 Å². The summed E-state index contributed by atoms with van der Waals surface area (Å²) < 4.78 is 12.7. The summed E-state index contributed by atoms with van der Waals surface area (Å²) in [5.74, 6) is -1.60. The molecule has 0 saturated carbocycles. The Hall–Kier alpha value is -1.91. The molecule has 1 atom stereocenters. The Balaban J connectivity index is 2.67. The van der Waals surface area contributed by atoms with Crippen LogP contribution in [0.4, 0.5) is 4.39 Å². The number of amides is 1. The highest BCUT2D eigenvalue weighted by Crippen LogP contribution is 2.08. The number of aliphatic carboxylic acids is 1. The lowest BCUT2D eigenvalue weighted by Gasteiger charge is -2.15. The first kappa shape index (κ1) is 13.2. The standard InChI is InChI=1S/C12H14FNO3/c1-8(15)14-11(7-12(16)17)6-9-2-4-10(13)5-3-9/h2-5,11H,6-7H2,1H3,(H,14,15)(H,16,17)/t11-/m0/s1. The van der Waals surface area contributed by atoms with Crippen molar-refractivity contribution in [3.63, 3.8) is 0 Å². The molecule has 0 fully saturated rings. The molecule has 0 spiro atoms. The van der Waals surface area contributed by atoms with Crippen LogP contribution in [0.25, 0.3) is 0 Å². The number of hydrogen-bond donors (Lipinski definition) is 2. The number of benzene rings is 1. The van der Waals surface area contributed by atoms with Crippen LogP contribution in [0.5, 0.6) is 0 Å². The van der Waals surface area contributed by atoms with Crippen LogP contribution in [-0.4, -0.2) is 23.0 Å². The van der Waals surface area contributed by atoms with Gasteiger partial charge >= 0.3 is 5.97 Å². The van der Waals surface area contributed by atoms with Crippen LogP contribution in [0, 0.1) is 5.82 Å². The zero-order valence-corrected chi connectivity index (χ0v) is 9.44. The van der Waals surface area contributed by atoms with Gasteiger partial charge in [-0.3, -0.25) is 9.59 Å². The number of rotatable bonds is 5. The molecular formula is C12H14FNO3. The Bertz CT molecular complexity index is 387. The fourth-order valence-corrected chi connectivity index (χ4v) is 1.58. The molecule has 0 bridgehead atoms. The van der Waals surface area contributed by atoms with Gasteiger partial charge in [-0.15, -0.1) is 0 Å². The second-order valence-electron chi connectivity index (χ2n) is 3.83. The van der Waals surface area contributed by atoms with E-state index < -0.39 is 12.0 Å². The Kier molecular flexibility index (Phi) is 4.63. The molecule has 0 unspecified atom stereocenters. The van der Waals surface area contributed by atoms with Crippen molar-refractivity contribution < 1.29 is 19.1 Å². The normalized spacial score (nSPS) is 11.9. The number of carboxylic acid groups (broad SMARTS) is 1. The monoisotopic (exact) mass is 239 g/mol. The summed E-state index contributed by atoms with van der Waals surface area (Å²) in [6.45, 7) is 1.33. The van der Waals surface area contributed by atoms with E-state index in [0.717, 1.165) is 5.56 Å². The van der Waals surface area contributed by atoms with E-state index in [2.05, 4.69) is 5.32 Å². The molecule has 0 saturated heterocycles. The van der Waals surface area contributed by atoms with E-state index in [1.54, 1.807) is 12.1 Å². The Labute approximate surface area is 98.5 Å². The zero-order valence-electron chi connectivity index (χ0n) is 9.44. The van der Waals surface area contributed by atoms with E-state index >= 15 is 0 Å². The molecule has 92 valence electrons. The first-order valence-corrected chi connectivity index (χ1v) is 5.20. The van der Waals surface area contributed by atoms with Crippen LogP contribution in [0.15, 0.2) is 24.3 Å². The molecule has 0 radical (unpaired) electrons. The smallest absolute Gasteiger partial charge is 0.305 e. The zero-order chi connectivity index (χ0) is 12.8. The minimum absolute atomic E-state index is 0.156. The van der Waals surface area contributed by atoms with E-state index in [0.29, 0.717) is 6.42 Å². The number of hydrogen-bond acceptors (Lipinski definition) is 2. The van der Waals surface area contributed by atoms with Gasteiger partial charge in [0.25, 0.3) is 0 Å². The maximum absolute atomic E-state index is 12.7. The van der Waals surface area contributed by atoms with E-state index in [9.17, 15) is 14.0 Å². The van der Waals surface area contributed by atoms with Crippen LogP contribution in [0.2, 0.25) is 0 Å². The van der Waals surface area contributed by atoms with Gasteiger partial charge in [0.05, 0.1) is 6.42 Å². The number of carbonyl (C=O) groups excluding carboxylic acids is 1. The second-order valence-corrected chi connectivity index (χ2v) is 3.83. The van der Waals surface area contributed by atoms with Crippen molar-refractivity contribution >= 4 is 11.9 Å². The van der Waals surface area contributed by atoms with E-state index in [1.165, 1.54) is 19.1 Å². The quantitative estimate of drug-likeness (QED) is 0.815. The molecule has 0 aliphatic heterocycles. The largest absolute Gasteiger partial charge is 0.481 e. The summed E-state index contributed by atoms with van der Waals surface area (Å²) in [5.41, 5.74) is 0.784. The Morgan fingerprint density at radius 2 is 1.94 bits per heavy atom. The SMILES string of the molecule is CC(=O)N[C@H](CC(=O)O)Cc1ccc(F)cc1. The Morgan fingerprint density at radius 3 is 2.41 bits per heavy atom. The van der Waals surface area contributed by atoms with Gasteiger partial charge < -0.3 is 10.4 Å². The van der Waals surface area contributed by atoms with Gasteiger partial charge in [-0.2, -0.15) is 0 Å². The maximum atomic E-state index is 12.7. The van der Waals surface area contributed by atoms with Gasteiger partial charge in [0.2, 0.25) is 5.91 Å². The molecule has 2 N–H and O–H groups in total. The van der Waals surface area contributed by atoms with Crippen LogP contribution in [0.3, 0.4) is 0 Å². The highest BCUT2D eigenvalue weighted by molar-refractivity contribution is 5.75. The lowest BCUT2D eigenvalue weighted by molar-refractivity contribution is -0.137. The van der Waals surface area contributed by atoms with E-state index in [4.69, 9.17) is 5.11 Å². The summed E-state index contributed by atoms with van der Waals surface area (Å²) in [6.07, 6.45) is 0.211. The molecule has 1 amide bonds. The maximum Gasteiger partial charge on any atom is 0.305 e. The molecule has 0 heterocycles. The lowest BCUT2D eigenvalue weighted by atomic mass is 10.0. The summed E-state index contributed by atoms with van der Waals surface area (Å²) in [4.78, 5) is 21.5. The molecule has 17 heavy (non-hydrogen) atoms. The molecule has 0 aromatic heterocycles. The van der Waals surface area contributed by atoms with Crippen molar-refractivity contribution in [1.29, 1.82) is 0 Å². The average molecular weight is 239 g/mol. The third-order valence-corrected chi connectivity index (χ3v) is 2.22. The molecule has 1 rings (SSSR count). The highest BCUT2D eigenvalue weighted by atomic mass is 19.1. The van der Waals surface area contributed by atoms with Gasteiger partial charge in [-0.25, -0.2) is 4.39 Å². The van der Waals surface area contributed by atoms with Gasteiger partial charge in [-0.1, -0.05) is 12.1 Å². The summed E-state index contributed by atoms with van der Waals surface area (Å²) in [6, 6.07) is 5.29. The van der Waals surface area contributed by atoms with Crippen LogP contribution in [-0.2, 0) is 16.0 Å². The fraction of sp³-hybridized carbons (Fsp3) is 0.333. The topological polar surface area (TPSA) is 66.4 Å². The summed E-state index contributed by atoms with van der Waals surface area (Å²) >= 11 is 0. The van der Waals surface area contributed by atoms with Gasteiger partial charge in [0, 0.05) is 13.0 Å². The summed E-state index contributed by atoms with van der Waals surface area (Å²) in [5, 5.41) is 11.3. The first-order chi connectivity index (χ1) is 7.97. The van der Waals surface area contributed by atoms with Crippen LogP contribution in [0.1, 0.15) is 18.9 Å². The average Bonchev–Trinajstić information content (AvgIpc) is 2.19. The number of carbonyl (C=O) groups is 2. The third-order valence-electron chi connectivity index (χ3n) is 2.22. The third kappa shape index (κ3) is 5.10. The first-order valence-electron chi connectivity index (χ1n) is 5.20. The molecule has 1 aromatic rings. The number of nitrogens with one attached hydrogen (secondary N) is 1. The molecular weight excluding hydrogens is 225 g/mol. The molecule has 5 heteroatoms. The minimum atomic E-state index is -0.981. The Morgan fingerprint density at radius 1 is 1.35 bits per heavy atom. The lowest BCUT2D eigenvalue weighted by Crippen LogP contribution is -2.36. The van der Waals surface area contributed by atoms with Crippen molar-refractivity contribution in [1.82, 2.24) is 5.32 Å². The van der Waals surface area contributed by atoms with Gasteiger partial charge in [0.1, 0.15) is 5.82 Å². The molecule has 0 aliphatic carbocycles. The molecule has 1 aromatic carbocycles. The van der Waals surface area contributed by atoms with Crippen molar-refractivity contribution in [2.45, 2.75) is 25.8 Å². The van der Waals surface area contributed by atoms with Gasteiger partial charge in [-0.05, 0) is 24.1 Å². The van der Waals surface area contributed by atoms with Crippen LogP contribution < -0.4 is 5.32 Å². The number of halogens is 1. The van der Waals surface area contributed by atoms with Gasteiger partial charge in [0.15, 0.2) is 0 Å². The predicted molar refractivity (Wildman–Crippen MR) is 60.0 cm³/mol. The molecule has 0 aliphatic rings. The van der Waals surface area contributed by atoms with Crippen molar-refractivity contribution in [3.05, 3.63) is 35.6 Å². The number of carboxylic acids is 1. The predicted octanol–water partition coefficient (Wildman–Crippen LogP) is 1.35. The van der Waals surface area contributed by atoms with E-state index in [1.807, 2.05) is 0 Å². The van der Waals surface area contributed by atoms with Crippen molar-refractivity contribution in [2.75, 3.05) is 0 Å². The molecule has 4 nitrogen and oxygen atoms in total. The fourth-order valence-electron chi connectivity index (χ4n) is 1.58. The van der Waals surface area contributed by atoms with Crippen LogP contribution >= 0.6 is 0 Å². The minimum Gasteiger partial charge on any atom is -0.481 e. The highest BCUT2D eigenvalue weighted by Gasteiger charge is 2.14. The summed E-state index contributed by atoms with van der Waals surface area (Å²) in [7, 11) is 0.